The Morgan fingerprint density at radius 1 is 1.09 bits per heavy atom. The number of aromatic nitrogens is 1. The fourth-order valence-corrected chi connectivity index (χ4v) is 2.94. The smallest absolute Gasteiger partial charge is 0.309 e. The van der Waals surface area contributed by atoms with E-state index >= 15 is 0 Å². The molecule has 0 aliphatic carbocycles. The molecule has 0 fully saturated rings. The summed E-state index contributed by atoms with van der Waals surface area (Å²) in [7, 11) is 0. The van der Waals surface area contributed by atoms with Crippen molar-refractivity contribution < 1.29 is 14.6 Å². The average Bonchev–Trinajstić information content (AvgIpc) is 3.02. The monoisotopic (exact) mass is 325 g/mol. The number of aliphatic carboxylic acids is 1. The molecule has 3 aromatic rings. The Morgan fingerprint density at radius 3 is 2.52 bits per heavy atom. The number of hydrogen-bond acceptors (Lipinski definition) is 4. The number of rotatable bonds is 6. The van der Waals surface area contributed by atoms with Crippen molar-refractivity contribution in [3.8, 4) is 16.3 Å². The Labute approximate surface area is 138 Å². The Bertz CT molecular complexity index is 782. The topological polar surface area (TPSA) is 59.4 Å². The molecule has 0 radical (unpaired) electrons. The van der Waals surface area contributed by atoms with Gasteiger partial charge in [-0.15, -0.1) is 11.3 Å². The number of ether oxygens (including phenoxy) is 1. The van der Waals surface area contributed by atoms with Crippen molar-refractivity contribution in [3.63, 3.8) is 0 Å². The van der Waals surface area contributed by atoms with Gasteiger partial charge in [-0.3, -0.25) is 4.79 Å². The molecular formula is C18H15NO3S. The average molecular weight is 325 g/mol. The lowest BCUT2D eigenvalue weighted by Gasteiger charge is -2.06. The van der Waals surface area contributed by atoms with E-state index in [4.69, 9.17) is 9.84 Å². The van der Waals surface area contributed by atoms with Crippen molar-refractivity contribution in [2.45, 2.75) is 13.0 Å². The first-order chi connectivity index (χ1) is 11.2. The van der Waals surface area contributed by atoms with Gasteiger partial charge in [0.2, 0.25) is 0 Å². The molecular weight excluding hydrogens is 310 g/mol. The van der Waals surface area contributed by atoms with Gasteiger partial charge in [0.25, 0.3) is 0 Å². The number of thiazole rings is 1. The highest BCUT2D eigenvalue weighted by atomic mass is 32.1. The molecule has 116 valence electrons. The van der Waals surface area contributed by atoms with E-state index in [2.05, 4.69) is 4.98 Å². The molecule has 2 aromatic carbocycles. The van der Waals surface area contributed by atoms with Gasteiger partial charge < -0.3 is 9.84 Å². The van der Waals surface area contributed by atoms with Crippen LogP contribution in [0, 0.1) is 0 Å². The molecule has 0 amide bonds. The largest absolute Gasteiger partial charge is 0.489 e. The molecule has 0 aliphatic rings. The fourth-order valence-electron chi connectivity index (χ4n) is 2.11. The Balaban J connectivity index is 1.64. The molecule has 0 aliphatic heterocycles. The summed E-state index contributed by atoms with van der Waals surface area (Å²) in [4.78, 5) is 15.0. The zero-order chi connectivity index (χ0) is 16.1. The molecule has 23 heavy (non-hydrogen) atoms. The van der Waals surface area contributed by atoms with Crippen molar-refractivity contribution in [1.82, 2.24) is 4.98 Å². The van der Waals surface area contributed by atoms with Gasteiger partial charge in [-0.05, 0) is 29.8 Å². The summed E-state index contributed by atoms with van der Waals surface area (Å²) in [5, 5.41) is 11.4. The summed E-state index contributed by atoms with van der Waals surface area (Å²) >= 11 is 1.45. The maximum Gasteiger partial charge on any atom is 0.309 e. The van der Waals surface area contributed by atoms with Gasteiger partial charge in [0.1, 0.15) is 17.4 Å². The van der Waals surface area contributed by atoms with Crippen LogP contribution in [0.15, 0.2) is 60.0 Å². The minimum Gasteiger partial charge on any atom is -0.489 e. The summed E-state index contributed by atoms with van der Waals surface area (Å²) in [6, 6.07) is 17.7. The third-order valence-electron chi connectivity index (χ3n) is 3.23. The number of hydrogen-bond donors (Lipinski definition) is 1. The lowest BCUT2D eigenvalue weighted by Crippen LogP contribution is -1.99. The van der Waals surface area contributed by atoms with Crippen LogP contribution in [0.25, 0.3) is 10.6 Å². The maximum absolute atomic E-state index is 10.7. The standard InChI is InChI=1S/C18H15NO3S/c20-17(21)10-15-12-23-18(19-15)14-6-8-16(9-7-14)22-11-13-4-2-1-3-5-13/h1-9,12H,10-11H2,(H,20,21). The molecule has 1 N–H and O–H groups in total. The quantitative estimate of drug-likeness (QED) is 0.744. The highest BCUT2D eigenvalue weighted by molar-refractivity contribution is 7.13. The summed E-state index contributed by atoms with van der Waals surface area (Å²) in [6.45, 7) is 0.528. The van der Waals surface area contributed by atoms with Gasteiger partial charge in [0.05, 0.1) is 12.1 Å². The van der Waals surface area contributed by atoms with Crippen molar-refractivity contribution >= 4 is 17.3 Å². The number of benzene rings is 2. The van der Waals surface area contributed by atoms with Gasteiger partial charge in [-0.2, -0.15) is 0 Å². The van der Waals surface area contributed by atoms with Gasteiger partial charge in [-0.1, -0.05) is 30.3 Å². The zero-order valence-electron chi connectivity index (χ0n) is 12.3. The van der Waals surface area contributed by atoms with Crippen LogP contribution in [0.3, 0.4) is 0 Å². The molecule has 0 saturated carbocycles. The van der Waals surface area contributed by atoms with Gasteiger partial charge in [0.15, 0.2) is 0 Å². The second-order valence-electron chi connectivity index (χ2n) is 5.01. The first-order valence-corrected chi connectivity index (χ1v) is 8.02. The lowest BCUT2D eigenvalue weighted by molar-refractivity contribution is -0.136. The van der Waals surface area contributed by atoms with E-state index in [0.29, 0.717) is 12.3 Å². The third-order valence-corrected chi connectivity index (χ3v) is 4.17. The zero-order valence-corrected chi connectivity index (χ0v) is 13.1. The molecule has 0 unspecified atom stereocenters. The second-order valence-corrected chi connectivity index (χ2v) is 5.87. The van der Waals surface area contributed by atoms with Crippen molar-refractivity contribution in [2.24, 2.45) is 0 Å². The van der Waals surface area contributed by atoms with E-state index in [9.17, 15) is 4.79 Å². The predicted octanol–water partition coefficient (Wildman–Crippen LogP) is 4.02. The van der Waals surface area contributed by atoms with E-state index in [0.717, 1.165) is 21.9 Å². The van der Waals surface area contributed by atoms with Crippen LogP contribution in [0.4, 0.5) is 0 Å². The van der Waals surface area contributed by atoms with Gasteiger partial charge in [0, 0.05) is 10.9 Å². The molecule has 1 aromatic heterocycles. The Morgan fingerprint density at radius 2 is 1.83 bits per heavy atom. The van der Waals surface area contributed by atoms with Gasteiger partial charge in [-0.25, -0.2) is 4.98 Å². The van der Waals surface area contributed by atoms with E-state index in [-0.39, 0.29) is 6.42 Å². The first kappa shape index (κ1) is 15.2. The molecule has 4 nitrogen and oxygen atoms in total. The molecule has 0 atom stereocenters. The van der Waals surface area contributed by atoms with E-state index in [1.54, 1.807) is 5.38 Å². The minimum absolute atomic E-state index is 0.0469. The SMILES string of the molecule is O=C(O)Cc1csc(-c2ccc(OCc3ccccc3)cc2)n1. The van der Waals surface area contributed by atoms with Crippen LogP contribution in [0.1, 0.15) is 11.3 Å². The normalized spacial score (nSPS) is 10.4. The van der Waals surface area contributed by atoms with E-state index in [1.807, 2.05) is 54.6 Å². The summed E-state index contributed by atoms with van der Waals surface area (Å²) in [5.74, 6) is -0.0774. The van der Waals surface area contributed by atoms with Crippen molar-refractivity contribution in [1.29, 1.82) is 0 Å². The van der Waals surface area contributed by atoms with Crippen LogP contribution in [0.5, 0.6) is 5.75 Å². The molecule has 0 saturated heterocycles. The highest BCUT2D eigenvalue weighted by Crippen LogP contribution is 2.26. The van der Waals surface area contributed by atoms with Crippen molar-refractivity contribution in [2.75, 3.05) is 0 Å². The van der Waals surface area contributed by atoms with Crippen LogP contribution in [-0.4, -0.2) is 16.1 Å². The lowest BCUT2D eigenvalue weighted by atomic mass is 10.2. The first-order valence-electron chi connectivity index (χ1n) is 7.14. The number of nitrogens with zero attached hydrogens (tertiary/aromatic N) is 1. The summed E-state index contributed by atoms with van der Waals surface area (Å²) < 4.78 is 5.75. The third kappa shape index (κ3) is 4.17. The summed E-state index contributed by atoms with van der Waals surface area (Å²) in [5.41, 5.74) is 2.66. The van der Waals surface area contributed by atoms with Crippen LogP contribution in [0.2, 0.25) is 0 Å². The number of carboxylic acid groups (broad SMARTS) is 1. The Hall–Kier alpha value is -2.66. The highest BCUT2D eigenvalue weighted by Gasteiger charge is 2.08. The molecule has 3 rings (SSSR count). The van der Waals surface area contributed by atoms with Crippen LogP contribution >= 0.6 is 11.3 Å². The fraction of sp³-hybridized carbons (Fsp3) is 0.111. The molecule has 0 spiro atoms. The molecule has 1 heterocycles. The predicted molar refractivity (Wildman–Crippen MR) is 89.7 cm³/mol. The molecule has 0 bridgehead atoms. The van der Waals surface area contributed by atoms with Crippen LogP contribution in [-0.2, 0) is 17.8 Å². The van der Waals surface area contributed by atoms with E-state index in [1.165, 1.54) is 11.3 Å². The second kappa shape index (κ2) is 7.07. The van der Waals surface area contributed by atoms with Crippen molar-refractivity contribution in [3.05, 3.63) is 71.2 Å². The van der Waals surface area contributed by atoms with Crippen LogP contribution < -0.4 is 4.74 Å². The van der Waals surface area contributed by atoms with E-state index < -0.39 is 5.97 Å². The van der Waals surface area contributed by atoms with Gasteiger partial charge >= 0.3 is 5.97 Å². The number of carbonyl (C=O) groups is 1. The molecule has 5 heteroatoms. The number of carboxylic acids is 1. The Kier molecular flexibility index (Phi) is 4.68. The minimum atomic E-state index is -0.869. The summed E-state index contributed by atoms with van der Waals surface area (Å²) in [6.07, 6.45) is -0.0469. The maximum atomic E-state index is 10.7.